The van der Waals surface area contributed by atoms with Crippen LogP contribution in [0.4, 0.5) is 5.82 Å². The molecule has 1 aliphatic heterocycles. The van der Waals surface area contributed by atoms with E-state index in [4.69, 9.17) is 4.74 Å². The molecule has 94 valence electrons. The molecule has 0 radical (unpaired) electrons. The van der Waals surface area contributed by atoms with Crippen LogP contribution in [0, 0.1) is 0 Å². The van der Waals surface area contributed by atoms with Crippen LogP contribution in [-0.4, -0.2) is 51.1 Å². The number of anilines is 1. The fraction of sp³-hybridized carbons (Fsp3) is 0.500. The SMILES string of the molecule is CNc1ncccc1S(=O)(=O)N1CCOCC1. The molecule has 6 nitrogen and oxygen atoms in total. The van der Waals surface area contributed by atoms with Gasteiger partial charge in [-0.2, -0.15) is 4.31 Å². The van der Waals surface area contributed by atoms with Crippen molar-refractivity contribution in [2.24, 2.45) is 0 Å². The Hall–Kier alpha value is -1.18. The van der Waals surface area contributed by atoms with E-state index in [2.05, 4.69) is 10.3 Å². The molecule has 0 amide bonds. The molecular formula is C10H15N3O3S. The van der Waals surface area contributed by atoms with Crippen LogP contribution in [0.3, 0.4) is 0 Å². The van der Waals surface area contributed by atoms with Gasteiger partial charge in [0.15, 0.2) is 0 Å². The first-order valence-electron chi connectivity index (χ1n) is 5.37. The molecule has 1 saturated heterocycles. The molecule has 2 rings (SSSR count). The van der Waals surface area contributed by atoms with E-state index in [9.17, 15) is 8.42 Å². The fourth-order valence-electron chi connectivity index (χ4n) is 1.71. The predicted octanol–water partition coefficient (Wildman–Crippen LogP) is 0.144. The third-order valence-corrected chi connectivity index (χ3v) is 4.53. The summed E-state index contributed by atoms with van der Waals surface area (Å²) in [4.78, 5) is 4.22. The Morgan fingerprint density at radius 1 is 1.41 bits per heavy atom. The second-order valence-corrected chi connectivity index (χ2v) is 5.52. The number of morpholine rings is 1. The zero-order valence-electron chi connectivity index (χ0n) is 9.59. The van der Waals surface area contributed by atoms with Gasteiger partial charge in [-0.25, -0.2) is 13.4 Å². The Morgan fingerprint density at radius 2 is 2.12 bits per heavy atom. The highest BCUT2D eigenvalue weighted by Crippen LogP contribution is 2.22. The van der Waals surface area contributed by atoms with E-state index in [1.54, 1.807) is 25.4 Å². The van der Waals surface area contributed by atoms with Gasteiger partial charge in [-0.3, -0.25) is 0 Å². The van der Waals surface area contributed by atoms with Crippen molar-refractivity contribution in [3.8, 4) is 0 Å². The van der Waals surface area contributed by atoms with Gasteiger partial charge in [-0.15, -0.1) is 0 Å². The molecule has 0 saturated carbocycles. The summed E-state index contributed by atoms with van der Waals surface area (Å²) in [6.45, 7) is 1.66. The van der Waals surface area contributed by atoms with E-state index in [-0.39, 0.29) is 4.90 Å². The third kappa shape index (κ3) is 2.41. The van der Waals surface area contributed by atoms with Crippen molar-refractivity contribution in [1.29, 1.82) is 0 Å². The number of hydrogen-bond donors (Lipinski definition) is 1. The lowest BCUT2D eigenvalue weighted by Gasteiger charge is -2.26. The van der Waals surface area contributed by atoms with Gasteiger partial charge in [-0.1, -0.05) is 0 Å². The molecule has 1 fully saturated rings. The second kappa shape index (κ2) is 4.99. The highest BCUT2D eigenvalue weighted by Gasteiger charge is 2.28. The summed E-state index contributed by atoms with van der Waals surface area (Å²) >= 11 is 0. The largest absolute Gasteiger partial charge is 0.379 e. The fourth-order valence-corrected chi connectivity index (χ4v) is 3.27. The number of nitrogens with one attached hydrogen (secondary N) is 1. The van der Waals surface area contributed by atoms with Gasteiger partial charge in [0.25, 0.3) is 0 Å². The quantitative estimate of drug-likeness (QED) is 0.834. The van der Waals surface area contributed by atoms with Gasteiger partial charge in [0.05, 0.1) is 13.2 Å². The smallest absolute Gasteiger partial charge is 0.246 e. The molecule has 17 heavy (non-hydrogen) atoms. The highest BCUT2D eigenvalue weighted by atomic mass is 32.2. The lowest BCUT2D eigenvalue weighted by Crippen LogP contribution is -2.40. The van der Waals surface area contributed by atoms with Gasteiger partial charge in [0.1, 0.15) is 10.7 Å². The summed E-state index contributed by atoms with van der Waals surface area (Å²) < 4.78 is 31.3. The van der Waals surface area contributed by atoms with Crippen LogP contribution >= 0.6 is 0 Å². The van der Waals surface area contributed by atoms with E-state index < -0.39 is 10.0 Å². The van der Waals surface area contributed by atoms with Gasteiger partial charge in [0.2, 0.25) is 10.0 Å². The molecule has 0 spiro atoms. The Labute approximate surface area is 101 Å². The molecule has 0 atom stereocenters. The topological polar surface area (TPSA) is 71.5 Å². The Morgan fingerprint density at radius 3 is 2.76 bits per heavy atom. The number of ether oxygens (including phenoxy) is 1. The highest BCUT2D eigenvalue weighted by molar-refractivity contribution is 7.89. The number of hydrogen-bond acceptors (Lipinski definition) is 5. The molecule has 0 unspecified atom stereocenters. The molecule has 0 aromatic carbocycles. The van der Waals surface area contributed by atoms with Crippen LogP contribution in [0.2, 0.25) is 0 Å². The summed E-state index contributed by atoms with van der Waals surface area (Å²) in [7, 11) is -1.82. The van der Waals surface area contributed by atoms with Crippen LogP contribution in [-0.2, 0) is 14.8 Å². The summed E-state index contributed by atoms with van der Waals surface area (Å²) in [5, 5.41) is 2.79. The average molecular weight is 257 g/mol. The molecule has 1 aliphatic rings. The van der Waals surface area contributed by atoms with E-state index in [0.29, 0.717) is 32.1 Å². The molecule has 1 N–H and O–H groups in total. The van der Waals surface area contributed by atoms with Crippen LogP contribution < -0.4 is 5.32 Å². The zero-order chi connectivity index (χ0) is 12.3. The Bertz CT molecular complexity index is 483. The van der Waals surface area contributed by atoms with Crippen LogP contribution in [0.5, 0.6) is 0 Å². The van der Waals surface area contributed by atoms with Crippen molar-refractivity contribution in [2.45, 2.75) is 4.90 Å². The Kier molecular flexibility index (Phi) is 3.60. The van der Waals surface area contributed by atoms with Crippen LogP contribution in [0.1, 0.15) is 0 Å². The maximum atomic E-state index is 12.4. The summed E-state index contributed by atoms with van der Waals surface area (Å²) in [5.74, 6) is 0.374. The number of rotatable bonds is 3. The first-order chi connectivity index (χ1) is 8.16. The molecule has 0 aliphatic carbocycles. The predicted molar refractivity (Wildman–Crippen MR) is 63.4 cm³/mol. The summed E-state index contributed by atoms with van der Waals surface area (Å²) in [5.41, 5.74) is 0. The Balaban J connectivity index is 2.36. The number of sulfonamides is 1. The summed E-state index contributed by atoms with van der Waals surface area (Å²) in [6.07, 6.45) is 1.56. The minimum absolute atomic E-state index is 0.212. The van der Waals surface area contributed by atoms with E-state index in [0.717, 1.165) is 0 Å². The van der Waals surface area contributed by atoms with Crippen molar-refractivity contribution in [3.05, 3.63) is 18.3 Å². The summed E-state index contributed by atoms with van der Waals surface area (Å²) in [6, 6.07) is 3.18. The monoisotopic (exact) mass is 257 g/mol. The zero-order valence-corrected chi connectivity index (χ0v) is 10.4. The van der Waals surface area contributed by atoms with Crippen molar-refractivity contribution >= 4 is 15.8 Å². The van der Waals surface area contributed by atoms with Crippen molar-refractivity contribution in [2.75, 3.05) is 38.7 Å². The van der Waals surface area contributed by atoms with Gasteiger partial charge >= 0.3 is 0 Å². The standard InChI is InChI=1S/C10H15N3O3S/c1-11-10-9(3-2-4-12-10)17(14,15)13-5-7-16-8-6-13/h2-4H,5-8H2,1H3,(H,11,12). The van der Waals surface area contributed by atoms with Gasteiger partial charge in [0, 0.05) is 26.3 Å². The number of nitrogens with zero attached hydrogens (tertiary/aromatic N) is 2. The normalized spacial score (nSPS) is 17.9. The van der Waals surface area contributed by atoms with E-state index in [1.807, 2.05) is 0 Å². The minimum atomic E-state index is -3.48. The van der Waals surface area contributed by atoms with E-state index >= 15 is 0 Å². The van der Waals surface area contributed by atoms with Crippen molar-refractivity contribution in [1.82, 2.24) is 9.29 Å². The van der Waals surface area contributed by atoms with Crippen molar-refractivity contribution in [3.63, 3.8) is 0 Å². The lowest BCUT2D eigenvalue weighted by molar-refractivity contribution is 0.0730. The van der Waals surface area contributed by atoms with E-state index in [1.165, 1.54) is 4.31 Å². The molecular weight excluding hydrogens is 242 g/mol. The maximum Gasteiger partial charge on any atom is 0.246 e. The molecule has 0 bridgehead atoms. The van der Waals surface area contributed by atoms with Crippen LogP contribution in [0.25, 0.3) is 0 Å². The molecule has 1 aromatic heterocycles. The lowest BCUT2D eigenvalue weighted by atomic mass is 10.5. The van der Waals surface area contributed by atoms with Gasteiger partial charge in [-0.05, 0) is 12.1 Å². The number of pyridine rings is 1. The number of aromatic nitrogens is 1. The minimum Gasteiger partial charge on any atom is -0.379 e. The van der Waals surface area contributed by atoms with Crippen LogP contribution in [0.15, 0.2) is 23.2 Å². The molecule has 1 aromatic rings. The van der Waals surface area contributed by atoms with Crippen molar-refractivity contribution < 1.29 is 13.2 Å². The van der Waals surface area contributed by atoms with Gasteiger partial charge < -0.3 is 10.1 Å². The molecule has 2 heterocycles. The average Bonchev–Trinajstić information content (AvgIpc) is 2.39. The third-order valence-electron chi connectivity index (χ3n) is 2.60. The maximum absolute atomic E-state index is 12.4. The first-order valence-corrected chi connectivity index (χ1v) is 6.81. The second-order valence-electron chi connectivity index (χ2n) is 3.62. The molecule has 7 heteroatoms. The first kappa shape index (κ1) is 12.3.